The predicted octanol–water partition coefficient (Wildman–Crippen LogP) is 4.21. The maximum atomic E-state index is 10.7. The standard InChI is InChI=1S/C21H18N4O/c22-13-15-10-14-11-19(24-8-4-1-5-9-24)20(26)12-18(14)25-17-7-3-2-6-16(17)23-21(15)25/h2-3,6-7,10-12,26H,1,4-5,8-9H2. The number of anilines is 1. The second-order valence-electron chi connectivity index (χ2n) is 6.88. The summed E-state index contributed by atoms with van der Waals surface area (Å²) in [5.41, 5.74) is 4.68. The largest absolute Gasteiger partial charge is 0.506 e. The summed E-state index contributed by atoms with van der Waals surface area (Å²) in [6.07, 6.45) is 3.53. The minimum atomic E-state index is 0.281. The van der Waals surface area contributed by atoms with Gasteiger partial charge in [0.25, 0.3) is 0 Å². The zero-order chi connectivity index (χ0) is 17.7. The number of pyridine rings is 1. The highest BCUT2D eigenvalue weighted by atomic mass is 16.3. The van der Waals surface area contributed by atoms with Crippen LogP contribution in [-0.2, 0) is 0 Å². The molecule has 5 heteroatoms. The van der Waals surface area contributed by atoms with E-state index >= 15 is 0 Å². The van der Waals surface area contributed by atoms with E-state index in [1.165, 1.54) is 6.42 Å². The van der Waals surface area contributed by atoms with Gasteiger partial charge in [-0.2, -0.15) is 5.26 Å². The zero-order valence-corrected chi connectivity index (χ0v) is 14.3. The maximum absolute atomic E-state index is 10.7. The molecule has 2 aromatic heterocycles. The molecule has 5 nitrogen and oxygen atoms in total. The second kappa shape index (κ2) is 5.63. The molecule has 0 aliphatic carbocycles. The van der Waals surface area contributed by atoms with Crippen molar-refractivity contribution < 1.29 is 5.11 Å². The lowest BCUT2D eigenvalue weighted by Gasteiger charge is -2.29. The molecule has 5 rings (SSSR count). The van der Waals surface area contributed by atoms with Crippen molar-refractivity contribution in [2.75, 3.05) is 18.0 Å². The second-order valence-corrected chi connectivity index (χ2v) is 6.88. The van der Waals surface area contributed by atoms with Gasteiger partial charge < -0.3 is 10.0 Å². The van der Waals surface area contributed by atoms with E-state index in [4.69, 9.17) is 0 Å². The van der Waals surface area contributed by atoms with Gasteiger partial charge in [0.1, 0.15) is 11.8 Å². The molecule has 0 amide bonds. The van der Waals surface area contributed by atoms with Gasteiger partial charge >= 0.3 is 0 Å². The number of rotatable bonds is 1. The molecule has 1 aliphatic rings. The number of hydrogen-bond donors (Lipinski definition) is 1. The Kier molecular flexibility index (Phi) is 3.26. The van der Waals surface area contributed by atoms with E-state index in [0.29, 0.717) is 11.2 Å². The van der Waals surface area contributed by atoms with Crippen LogP contribution >= 0.6 is 0 Å². The summed E-state index contributed by atoms with van der Waals surface area (Å²) in [5, 5.41) is 21.3. The Morgan fingerprint density at radius 1 is 1.00 bits per heavy atom. The number of nitrogens with zero attached hydrogens (tertiary/aromatic N) is 4. The smallest absolute Gasteiger partial charge is 0.156 e. The van der Waals surface area contributed by atoms with Crippen LogP contribution in [0, 0.1) is 11.3 Å². The Morgan fingerprint density at radius 3 is 2.62 bits per heavy atom. The average molecular weight is 342 g/mol. The van der Waals surface area contributed by atoms with E-state index < -0.39 is 0 Å². The van der Waals surface area contributed by atoms with E-state index in [0.717, 1.165) is 53.6 Å². The third-order valence-electron chi connectivity index (χ3n) is 5.28. The van der Waals surface area contributed by atoms with Crippen molar-refractivity contribution in [3.05, 3.63) is 48.0 Å². The van der Waals surface area contributed by atoms with Crippen molar-refractivity contribution in [1.29, 1.82) is 5.26 Å². The minimum absolute atomic E-state index is 0.281. The topological polar surface area (TPSA) is 64.6 Å². The van der Waals surface area contributed by atoms with Crippen molar-refractivity contribution in [2.24, 2.45) is 0 Å². The number of imidazole rings is 1. The van der Waals surface area contributed by atoms with Crippen LogP contribution in [0.15, 0.2) is 42.5 Å². The number of piperidine rings is 1. The van der Waals surface area contributed by atoms with Gasteiger partial charge in [-0.15, -0.1) is 0 Å². The Morgan fingerprint density at radius 2 is 1.81 bits per heavy atom. The number of hydrogen-bond acceptors (Lipinski definition) is 4. The minimum Gasteiger partial charge on any atom is -0.506 e. The first-order valence-corrected chi connectivity index (χ1v) is 8.98. The van der Waals surface area contributed by atoms with E-state index in [9.17, 15) is 10.4 Å². The Labute approximate surface area is 150 Å². The van der Waals surface area contributed by atoms with Crippen LogP contribution in [0.25, 0.3) is 27.6 Å². The Hall–Kier alpha value is -3.26. The normalized spacial score (nSPS) is 15.0. The van der Waals surface area contributed by atoms with E-state index in [2.05, 4.69) is 16.0 Å². The molecule has 1 saturated heterocycles. The fourth-order valence-corrected chi connectivity index (χ4v) is 4.03. The monoisotopic (exact) mass is 342 g/mol. The van der Waals surface area contributed by atoms with Gasteiger partial charge in [0.2, 0.25) is 0 Å². The van der Waals surface area contributed by atoms with Crippen LogP contribution in [0.3, 0.4) is 0 Å². The number of phenolic OH excluding ortho intramolecular Hbond substituents is 1. The first-order valence-electron chi connectivity index (χ1n) is 8.98. The third-order valence-corrected chi connectivity index (χ3v) is 5.28. The molecular weight excluding hydrogens is 324 g/mol. The molecule has 128 valence electrons. The van der Waals surface area contributed by atoms with Crippen LogP contribution in [0.1, 0.15) is 24.8 Å². The Balaban J connectivity index is 1.86. The van der Waals surface area contributed by atoms with Crippen molar-refractivity contribution in [1.82, 2.24) is 9.38 Å². The summed E-state index contributed by atoms with van der Waals surface area (Å²) in [6.45, 7) is 1.92. The number of phenols is 1. The number of fused-ring (bicyclic) bond motifs is 5. The van der Waals surface area contributed by atoms with Gasteiger partial charge in [0.15, 0.2) is 5.65 Å². The predicted molar refractivity (Wildman–Crippen MR) is 103 cm³/mol. The lowest BCUT2D eigenvalue weighted by Crippen LogP contribution is -2.29. The van der Waals surface area contributed by atoms with Crippen molar-refractivity contribution in [3.8, 4) is 11.8 Å². The molecule has 1 N–H and O–H groups in total. The average Bonchev–Trinajstić information content (AvgIpc) is 3.07. The molecule has 0 atom stereocenters. The fraction of sp³-hybridized carbons (Fsp3) is 0.238. The zero-order valence-electron chi connectivity index (χ0n) is 14.3. The summed E-state index contributed by atoms with van der Waals surface area (Å²) >= 11 is 0. The van der Waals surface area contributed by atoms with Crippen LogP contribution < -0.4 is 4.90 Å². The number of benzene rings is 2. The molecule has 0 radical (unpaired) electrons. The fourth-order valence-electron chi connectivity index (χ4n) is 4.03. The molecule has 26 heavy (non-hydrogen) atoms. The van der Waals surface area contributed by atoms with Gasteiger partial charge in [0.05, 0.1) is 27.8 Å². The van der Waals surface area contributed by atoms with Crippen molar-refractivity contribution in [2.45, 2.75) is 19.3 Å². The van der Waals surface area contributed by atoms with Gasteiger partial charge in [-0.05, 0) is 43.5 Å². The first kappa shape index (κ1) is 15.0. The molecule has 0 bridgehead atoms. The molecule has 0 spiro atoms. The highest BCUT2D eigenvalue weighted by molar-refractivity contribution is 5.95. The number of aromatic nitrogens is 2. The molecule has 1 aliphatic heterocycles. The highest BCUT2D eigenvalue weighted by Gasteiger charge is 2.18. The lowest BCUT2D eigenvalue weighted by molar-refractivity contribution is 0.470. The molecule has 1 fully saturated rings. The summed E-state index contributed by atoms with van der Waals surface area (Å²) in [5.74, 6) is 0.281. The molecular formula is C21H18N4O. The number of nitriles is 1. The van der Waals surface area contributed by atoms with Crippen LogP contribution in [0.5, 0.6) is 5.75 Å². The van der Waals surface area contributed by atoms with E-state index in [1.54, 1.807) is 0 Å². The number of aromatic hydroxyl groups is 1. The van der Waals surface area contributed by atoms with Gasteiger partial charge in [0, 0.05) is 24.5 Å². The summed E-state index contributed by atoms with van der Waals surface area (Å²) in [4.78, 5) is 6.86. The maximum Gasteiger partial charge on any atom is 0.156 e. The molecule has 3 heterocycles. The quantitative estimate of drug-likeness (QED) is 0.563. The highest BCUT2D eigenvalue weighted by Crippen LogP contribution is 2.36. The summed E-state index contributed by atoms with van der Waals surface area (Å²) in [7, 11) is 0. The first-order chi connectivity index (χ1) is 12.8. The Bertz CT molecular complexity index is 1200. The lowest BCUT2D eigenvalue weighted by atomic mass is 10.1. The van der Waals surface area contributed by atoms with Gasteiger partial charge in [-0.1, -0.05) is 12.1 Å². The van der Waals surface area contributed by atoms with Crippen LogP contribution in [0.2, 0.25) is 0 Å². The van der Waals surface area contributed by atoms with Gasteiger partial charge in [-0.25, -0.2) is 4.98 Å². The summed E-state index contributed by atoms with van der Waals surface area (Å²) in [6, 6.07) is 15.8. The van der Waals surface area contributed by atoms with E-state index in [1.807, 2.05) is 46.9 Å². The SMILES string of the molecule is N#Cc1cc2cc(N3CCCCC3)c(O)cc2n2c1nc1ccccc12. The van der Waals surface area contributed by atoms with Crippen molar-refractivity contribution in [3.63, 3.8) is 0 Å². The van der Waals surface area contributed by atoms with Gasteiger partial charge in [-0.3, -0.25) is 4.40 Å². The number of para-hydroxylation sites is 2. The van der Waals surface area contributed by atoms with Crippen molar-refractivity contribution >= 4 is 33.3 Å². The molecule has 4 aromatic rings. The van der Waals surface area contributed by atoms with E-state index in [-0.39, 0.29) is 5.75 Å². The molecule has 2 aromatic carbocycles. The molecule has 0 unspecified atom stereocenters. The van der Waals surface area contributed by atoms with Crippen LogP contribution in [-0.4, -0.2) is 27.6 Å². The third kappa shape index (κ3) is 2.12. The summed E-state index contributed by atoms with van der Waals surface area (Å²) < 4.78 is 1.98. The molecule has 0 saturated carbocycles. The van der Waals surface area contributed by atoms with Crippen LogP contribution in [0.4, 0.5) is 5.69 Å².